The van der Waals surface area contributed by atoms with Crippen molar-refractivity contribution in [3.63, 3.8) is 0 Å². The van der Waals surface area contributed by atoms with E-state index in [1.807, 2.05) is 18.9 Å². The maximum absolute atomic E-state index is 13.6. The lowest BCUT2D eigenvalue weighted by atomic mass is 10.1. The zero-order valence-corrected chi connectivity index (χ0v) is 12.8. The van der Waals surface area contributed by atoms with Gasteiger partial charge in [0.25, 0.3) is 0 Å². The Bertz CT molecular complexity index is 603. The second-order valence-corrected chi connectivity index (χ2v) is 5.99. The molecule has 0 bridgehead atoms. The molecular weight excluding hydrogens is 294 g/mol. The first kappa shape index (κ1) is 16.0. The highest BCUT2D eigenvalue weighted by Crippen LogP contribution is 2.22. The number of thiazole rings is 1. The Balaban J connectivity index is 1.90. The molecule has 1 atom stereocenters. The Kier molecular flexibility index (Phi) is 5.39. The minimum atomic E-state index is -1.01. The van der Waals surface area contributed by atoms with Gasteiger partial charge < -0.3 is 10.0 Å². The van der Waals surface area contributed by atoms with Crippen LogP contribution in [0.2, 0.25) is 0 Å². The second-order valence-electron chi connectivity index (χ2n) is 5.05. The molecule has 0 saturated carbocycles. The molecule has 0 aliphatic heterocycles. The van der Waals surface area contributed by atoms with Crippen molar-refractivity contribution in [3.05, 3.63) is 51.5 Å². The maximum atomic E-state index is 13.6. The summed E-state index contributed by atoms with van der Waals surface area (Å²) in [5.41, 5.74) is 2.82. The molecule has 0 aliphatic carbocycles. The summed E-state index contributed by atoms with van der Waals surface area (Å²) in [6.45, 7) is 3.26. The molecule has 0 amide bonds. The van der Waals surface area contributed by atoms with Crippen molar-refractivity contribution in [3.8, 4) is 0 Å². The highest BCUT2D eigenvalue weighted by Gasteiger charge is 2.16. The first-order valence-electron chi connectivity index (χ1n) is 6.68. The third kappa shape index (κ3) is 4.06. The van der Waals surface area contributed by atoms with Crippen LogP contribution < -0.4 is 0 Å². The summed E-state index contributed by atoms with van der Waals surface area (Å²) in [6, 6.07) is 3.86. The molecule has 2 aromatic rings. The van der Waals surface area contributed by atoms with Crippen molar-refractivity contribution >= 4 is 11.3 Å². The summed E-state index contributed by atoms with van der Waals surface area (Å²) in [4.78, 5) is 7.38. The number of benzene rings is 1. The normalized spacial score (nSPS) is 12.9. The fourth-order valence-corrected chi connectivity index (χ4v) is 2.93. The topological polar surface area (TPSA) is 36.4 Å². The molecule has 3 nitrogen and oxygen atoms in total. The maximum Gasteiger partial charge on any atom is 0.164 e. The van der Waals surface area contributed by atoms with Crippen molar-refractivity contribution in [2.45, 2.75) is 26.0 Å². The monoisotopic (exact) mass is 312 g/mol. The van der Waals surface area contributed by atoms with E-state index in [4.69, 9.17) is 0 Å². The molecule has 2 rings (SSSR count). The van der Waals surface area contributed by atoms with E-state index in [2.05, 4.69) is 4.98 Å². The number of aromatic nitrogens is 1. The van der Waals surface area contributed by atoms with Crippen molar-refractivity contribution < 1.29 is 13.9 Å². The standard InChI is InChI=1S/C15H18F2N2OS/c1-10-14(21-9-18-10)8-19(2)7-6-13(20)11-4-3-5-12(16)15(11)17/h3-5,9,13,20H,6-8H2,1-2H3. The van der Waals surface area contributed by atoms with Gasteiger partial charge in [0.2, 0.25) is 0 Å². The molecule has 114 valence electrons. The Hall–Kier alpha value is -1.37. The van der Waals surface area contributed by atoms with Crippen molar-refractivity contribution in [1.82, 2.24) is 9.88 Å². The third-order valence-corrected chi connectivity index (χ3v) is 4.30. The number of hydrogen-bond donors (Lipinski definition) is 1. The van der Waals surface area contributed by atoms with Gasteiger partial charge in [-0.15, -0.1) is 11.3 Å². The smallest absolute Gasteiger partial charge is 0.164 e. The lowest BCUT2D eigenvalue weighted by Gasteiger charge is -2.19. The molecule has 6 heteroatoms. The van der Waals surface area contributed by atoms with Gasteiger partial charge in [0.15, 0.2) is 11.6 Å². The van der Waals surface area contributed by atoms with E-state index in [9.17, 15) is 13.9 Å². The van der Waals surface area contributed by atoms with Gasteiger partial charge in [-0.3, -0.25) is 0 Å². The lowest BCUT2D eigenvalue weighted by molar-refractivity contribution is 0.143. The Morgan fingerprint density at radius 2 is 2.14 bits per heavy atom. The Labute approximate surface area is 126 Å². The molecule has 21 heavy (non-hydrogen) atoms. The number of rotatable bonds is 6. The van der Waals surface area contributed by atoms with Crippen molar-refractivity contribution in [2.24, 2.45) is 0 Å². The quantitative estimate of drug-likeness (QED) is 0.889. The van der Waals surface area contributed by atoms with Crippen LogP contribution in [0.25, 0.3) is 0 Å². The predicted molar refractivity (Wildman–Crippen MR) is 79.1 cm³/mol. The molecule has 0 spiro atoms. The fourth-order valence-electron chi connectivity index (χ4n) is 2.08. The summed E-state index contributed by atoms with van der Waals surface area (Å²) in [5.74, 6) is -1.90. The SMILES string of the molecule is Cc1ncsc1CN(C)CCC(O)c1cccc(F)c1F. The number of nitrogens with zero attached hydrogens (tertiary/aromatic N) is 2. The van der Waals surface area contributed by atoms with Gasteiger partial charge in [-0.25, -0.2) is 13.8 Å². The molecule has 1 N–H and O–H groups in total. The van der Waals surface area contributed by atoms with Crippen LogP contribution in [-0.2, 0) is 6.54 Å². The van der Waals surface area contributed by atoms with Crippen LogP contribution in [-0.4, -0.2) is 28.6 Å². The summed E-state index contributed by atoms with van der Waals surface area (Å²) in [7, 11) is 1.92. The summed E-state index contributed by atoms with van der Waals surface area (Å²) in [6.07, 6.45) is -0.667. The van der Waals surface area contributed by atoms with Gasteiger partial charge in [-0.1, -0.05) is 12.1 Å². The average Bonchev–Trinajstić information content (AvgIpc) is 2.84. The summed E-state index contributed by atoms with van der Waals surface area (Å²) in [5, 5.41) is 10.0. The van der Waals surface area contributed by atoms with Gasteiger partial charge in [-0.2, -0.15) is 0 Å². The van der Waals surface area contributed by atoms with Gasteiger partial charge in [0.05, 0.1) is 17.3 Å². The van der Waals surface area contributed by atoms with E-state index in [0.29, 0.717) is 13.0 Å². The highest BCUT2D eigenvalue weighted by molar-refractivity contribution is 7.09. The molecule has 0 radical (unpaired) electrons. The number of halogens is 2. The van der Waals surface area contributed by atoms with E-state index in [1.54, 1.807) is 16.8 Å². The Morgan fingerprint density at radius 1 is 1.38 bits per heavy atom. The predicted octanol–water partition coefficient (Wildman–Crippen LogP) is 3.29. The molecule has 0 aliphatic rings. The minimum absolute atomic E-state index is 0.0115. The van der Waals surface area contributed by atoms with Crippen LogP contribution >= 0.6 is 11.3 Å². The molecule has 1 heterocycles. The van der Waals surface area contributed by atoms with Crippen LogP contribution in [0.5, 0.6) is 0 Å². The molecule has 0 fully saturated rings. The molecule has 1 unspecified atom stereocenters. The van der Waals surface area contributed by atoms with Gasteiger partial charge in [-0.05, 0) is 26.5 Å². The second kappa shape index (κ2) is 7.06. The van der Waals surface area contributed by atoms with E-state index in [0.717, 1.165) is 18.3 Å². The number of aryl methyl sites for hydroxylation is 1. The van der Waals surface area contributed by atoms with E-state index in [-0.39, 0.29) is 5.56 Å². The third-order valence-electron chi connectivity index (χ3n) is 3.38. The van der Waals surface area contributed by atoms with Gasteiger partial charge >= 0.3 is 0 Å². The highest BCUT2D eigenvalue weighted by atomic mass is 32.1. The van der Waals surface area contributed by atoms with E-state index in [1.165, 1.54) is 17.0 Å². The van der Waals surface area contributed by atoms with Crippen molar-refractivity contribution in [2.75, 3.05) is 13.6 Å². The number of aliphatic hydroxyl groups excluding tert-OH is 1. The largest absolute Gasteiger partial charge is 0.388 e. The van der Waals surface area contributed by atoms with Crippen LogP contribution in [0.1, 0.15) is 28.7 Å². The zero-order chi connectivity index (χ0) is 15.4. The molecule has 0 saturated heterocycles. The molecule has 1 aromatic heterocycles. The van der Waals surface area contributed by atoms with Gasteiger partial charge in [0.1, 0.15) is 0 Å². The van der Waals surface area contributed by atoms with E-state index >= 15 is 0 Å². The lowest BCUT2D eigenvalue weighted by Crippen LogP contribution is -2.21. The average molecular weight is 312 g/mol. The minimum Gasteiger partial charge on any atom is -0.388 e. The molecule has 1 aromatic carbocycles. The van der Waals surface area contributed by atoms with Crippen LogP contribution in [0.15, 0.2) is 23.7 Å². The first-order chi connectivity index (χ1) is 9.99. The van der Waals surface area contributed by atoms with Crippen LogP contribution in [0.3, 0.4) is 0 Å². The van der Waals surface area contributed by atoms with Crippen LogP contribution in [0, 0.1) is 18.6 Å². The van der Waals surface area contributed by atoms with Gasteiger partial charge in [0, 0.05) is 23.5 Å². The fraction of sp³-hybridized carbons (Fsp3) is 0.400. The Morgan fingerprint density at radius 3 is 2.81 bits per heavy atom. The number of aliphatic hydroxyl groups is 1. The first-order valence-corrected chi connectivity index (χ1v) is 7.56. The number of hydrogen-bond acceptors (Lipinski definition) is 4. The summed E-state index contributed by atoms with van der Waals surface area (Å²) >= 11 is 1.59. The van der Waals surface area contributed by atoms with Crippen molar-refractivity contribution in [1.29, 1.82) is 0 Å². The molecular formula is C15H18F2N2OS. The summed E-state index contributed by atoms with van der Waals surface area (Å²) < 4.78 is 26.7. The van der Waals surface area contributed by atoms with Crippen LogP contribution in [0.4, 0.5) is 8.78 Å². The zero-order valence-electron chi connectivity index (χ0n) is 12.0. The van der Waals surface area contributed by atoms with E-state index < -0.39 is 17.7 Å².